The number of hydrogen-bond donors (Lipinski definition) is 0. The Balaban J connectivity index is -0.000000185. The van der Waals surface area contributed by atoms with Gasteiger partial charge >= 0.3 is 55.1 Å². The van der Waals surface area contributed by atoms with Crippen LogP contribution in [0.15, 0.2) is 0 Å². The van der Waals surface area contributed by atoms with Crippen molar-refractivity contribution in [3.8, 4) is 0 Å². The zero-order chi connectivity index (χ0) is 52.3. The molecule has 0 amide bonds. The van der Waals surface area contributed by atoms with Crippen LogP contribution in [0.25, 0.3) is 0 Å². The van der Waals surface area contributed by atoms with Crippen LogP contribution in [0.5, 0.6) is 0 Å². The number of rotatable bonds is 48. The summed E-state index contributed by atoms with van der Waals surface area (Å²) in [6.45, 7) is 8.96. The van der Waals surface area contributed by atoms with Crippen LogP contribution < -0.4 is 20.4 Å². The molecule has 0 saturated carbocycles. The Bertz CT molecular complexity index is 883. The number of carbonyl (C=O) groups excluding carboxylic acids is 4. The predicted octanol–water partition coefficient (Wildman–Crippen LogP) is 13.5. The molecular formula is C56H108O10Zr2. The van der Waals surface area contributed by atoms with E-state index in [0.29, 0.717) is 49.4 Å². The van der Waals surface area contributed by atoms with E-state index >= 15 is 0 Å². The summed E-state index contributed by atoms with van der Waals surface area (Å²) < 4.78 is 16.7. The summed E-state index contributed by atoms with van der Waals surface area (Å²) in [4.78, 5) is 40.6. The Labute approximate surface area is 451 Å². The van der Waals surface area contributed by atoms with Crippen LogP contribution in [0, 0.1) is 0 Å². The van der Waals surface area contributed by atoms with Crippen molar-refractivity contribution < 1.29 is 94.7 Å². The molecule has 0 aromatic rings. The van der Waals surface area contributed by atoms with E-state index in [1.54, 1.807) is 0 Å². The minimum atomic E-state index is -0.909. The van der Waals surface area contributed by atoms with Gasteiger partial charge in [-0.15, -0.1) is 0 Å². The number of carbonyl (C=O) groups is 4. The van der Waals surface area contributed by atoms with Gasteiger partial charge < -0.3 is 39.6 Å². The molecule has 0 saturated heterocycles. The zero-order valence-electron chi connectivity index (χ0n) is 45.0. The Morgan fingerprint density at radius 1 is 0.206 bits per heavy atom. The van der Waals surface area contributed by atoms with Crippen molar-refractivity contribution in [1.29, 1.82) is 0 Å². The molecule has 0 aliphatic heterocycles. The van der Waals surface area contributed by atoms with Crippen LogP contribution >= 0.6 is 0 Å². The number of aliphatic carboxylic acids is 4. The number of unbranched alkanes of at least 4 members (excludes halogenated alkanes) is 40. The van der Waals surface area contributed by atoms with Crippen molar-refractivity contribution in [2.45, 2.75) is 336 Å². The fourth-order valence-corrected chi connectivity index (χ4v) is 7.73. The van der Waals surface area contributed by atoms with Gasteiger partial charge in [0.15, 0.2) is 0 Å². The molecule has 0 rings (SSSR count). The molecule has 0 aromatic carbocycles. The maximum absolute atomic E-state index is 10.2. The molecule has 0 bridgehead atoms. The topological polar surface area (TPSA) is 195 Å². The Morgan fingerprint density at radius 3 is 0.382 bits per heavy atom. The van der Waals surface area contributed by atoms with Gasteiger partial charge in [-0.25, -0.2) is 0 Å². The second kappa shape index (κ2) is 80.3. The number of carboxylic acids is 4. The molecular weight excluding hydrogens is 1020 g/mol. The van der Waals surface area contributed by atoms with Gasteiger partial charge in [0.05, 0.1) is 0 Å². The average Bonchev–Trinajstić information content (AvgIpc) is 3.32. The van der Waals surface area contributed by atoms with Crippen LogP contribution in [0.2, 0.25) is 0 Å². The molecule has 0 aliphatic carbocycles. The van der Waals surface area contributed by atoms with Crippen LogP contribution in [0.4, 0.5) is 0 Å². The van der Waals surface area contributed by atoms with E-state index in [-0.39, 0.29) is 25.7 Å². The molecule has 400 valence electrons. The molecule has 0 N–H and O–H groups in total. The van der Waals surface area contributed by atoms with E-state index in [1.165, 1.54) is 231 Å². The SMILES string of the molecule is CCCCCCCCCCCC(=O)[O-].CCCCCCCCCCCC(=O)[O-].CCCCCCCCCCCCCCCC(=O)[O-].CCCCCCCCCCCCCCCC(=O)[O-].[O]=[Zr+2].[O]=[Zr+2]. The Morgan fingerprint density at radius 2 is 0.294 bits per heavy atom. The monoisotopic (exact) mass is 1120 g/mol. The second-order valence-corrected chi connectivity index (χ2v) is 18.6. The first-order chi connectivity index (χ1) is 33.1. The molecule has 0 unspecified atom stereocenters. The zero-order valence-corrected chi connectivity index (χ0v) is 49.9. The normalized spacial score (nSPS) is 10.1. The van der Waals surface area contributed by atoms with Gasteiger partial charge in [-0.1, -0.05) is 285 Å². The van der Waals surface area contributed by atoms with E-state index in [2.05, 4.69) is 27.7 Å². The molecule has 68 heavy (non-hydrogen) atoms. The Hall–Kier alpha value is -0.754. The van der Waals surface area contributed by atoms with Crippen molar-refractivity contribution in [2.24, 2.45) is 0 Å². The van der Waals surface area contributed by atoms with Gasteiger partial charge in [0, 0.05) is 23.9 Å². The second-order valence-electron chi connectivity index (χ2n) is 18.6. The van der Waals surface area contributed by atoms with Gasteiger partial charge in [-0.3, -0.25) is 0 Å². The summed E-state index contributed by atoms with van der Waals surface area (Å²) in [5, 5.41) is 40.6. The average molecular weight is 1120 g/mol. The molecule has 0 heterocycles. The standard InChI is InChI=1S/2C16H32O2.2C12H24O2.2O.2Zr/c2*1-2-3-4-5-6-7-8-9-10-11-12-13-14-15-16(17)18;2*1-2-3-4-5-6-7-8-9-10-11-12(13)14;;;;/h2*2-15H2,1H3,(H,17,18);2*2-11H2,1H3,(H,13,14);;;;/q;;;;;;2*+2/p-4. The van der Waals surface area contributed by atoms with Gasteiger partial charge in [-0.05, 0) is 51.4 Å². The van der Waals surface area contributed by atoms with Crippen molar-refractivity contribution in [1.82, 2.24) is 0 Å². The van der Waals surface area contributed by atoms with Gasteiger partial charge in [0.25, 0.3) is 0 Å². The van der Waals surface area contributed by atoms with Gasteiger partial charge in [0.2, 0.25) is 0 Å². The van der Waals surface area contributed by atoms with E-state index in [4.69, 9.17) is 5.63 Å². The van der Waals surface area contributed by atoms with E-state index in [1.807, 2.05) is 0 Å². The molecule has 0 atom stereocenters. The molecule has 0 spiro atoms. The third-order valence-corrected chi connectivity index (χ3v) is 11.9. The van der Waals surface area contributed by atoms with E-state index in [9.17, 15) is 39.6 Å². The van der Waals surface area contributed by atoms with Crippen LogP contribution in [-0.4, -0.2) is 23.9 Å². The Kier molecular flexibility index (Phi) is 93.0. The molecule has 10 nitrogen and oxygen atoms in total. The van der Waals surface area contributed by atoms with Crippen molar-refractivity contribution in [3.05, 3.63) is 0 Å². The fraction of sp³-hybridized carbons (Fsp3) is 0.929. The van der Waals surface area contributed by atoms with Crippen LogP contribution in [-0.2, 0) is 74.3 Å². The van der Waals surface area contributed by atoms with Gasteiger partial charge in [-0.2, -0.15) is 0 Å². The first-order valence-corrected chi connectivity index (χ1v) is 30.3. The van der Waals surface area contributed by atoms with E-state index in [0.717, 1.165) is 51.4 Å². The molecule has 12 heteroatoms. The summed E-state index contributed by atoms with van der Waals surface area (Å²) >= 11 is 0.600. The molecule has 0 aliphatic rings. The predicted molar refractivity (Wildman–Crippen MR) is 266 cm³/mol. The summed E-state index contributed by atoms with van der Waals surface area (Å²) in [6.07, 6.45) is 56.2. The third kappa shape index (κ3) is 103. The number of hydrogen-bond acceptors (Lipinski definition) is 10. The van der Waals surface area contributed by atoms with E-state index < -0.39 is 23.9 Å². The minimum absolute atomic E-state index is 0.232. The third-order valence-electron chi connectivity index (χ3n) is 11.9. The maximum atomic E-state index is 10.2. The summed E-state index contributed by atoms with van der Waals surface area (Å²) in [7, 11) is 0. The van der Waals surface area contributed by atoms with Crippen LogP contribution in [0.3, 0.4) is 0 Å². The first-order valence-electron chi connectivity index (χ1n) is 28.3. The number of carboxylic acid groups (broad SMARTS) is 4. The first kappa shape index (κ1) is 78.7. The molecule has 0 fully saturated rings. The quantitative estimate of drug-likeness (QED) is 0.0529. The molecule has 0 aromatic heterocycles. The van der Waals surface area contributed by atoms with Gasteiger partial charge in [0.1, 0.15) is 0 Å². The van der Waals surface area contributed by atoms with Crippen molar-refractivity contribution in [2.75, 3.05) is 0 Å². The fourth-order valence-electron chi connectivity index (χ4n) is 7.73. The summed E-state index contributed by atoms with van der Waals surface area (Å²) in [6, 6.07) is 0. The summed E-state index contributed by atoms with van der Waals surface area (Å²) in [5.74, 6) is -3.63. The summed E-state index contributed by atoms with van der Waals surface area (Å²) in [5.41, 5.74) is 0. The van der Waals surface area contributed by atoms with Crippen LogP contribution in [0.1, 0.15) is 336 Å². The molecule has 0 radical (unpaired) electrons. The van der Waals surface area contributed by atoms with Crippen molar-refractivity contribution in [3.63, 3.8) is 0 Å². The van der Waals surface area contributed by atoms with Crippen molar-refractivity contribution >= 4 is 23.9 Å².